The van der Waals surface area contributed by atoms with Crippen LogP contribution in [0.5, 0.6) is 0 Å². The van der Waals surface area contributed by atoms with E-state index >= 15 is 0 Å². The van der Waals surface area contributed by atoms with Crippen LogP contribution in [0.3, 0.4) is 0 Å². The van der Waals surface area contributed by atoms with Gasteiger partial charge in [-0.3, -0.25) is 4.72 Å². The zero-order chi connectivity index (χ0) is 15.8. The maximum atomic E-state index is 13.3. The van der Waals surface area contributed by atoms with E-state index in [1.807, 2.05) is 0 Å². The SMILES string of the molecule is Cc1cc(F)cc(NS(=O)(=O)c2c(C)cc(F)cc2C)c1. The minimum atomic E-state index is -3.91. The first kappa shape index (κ1) is 15.4. The first-order valence-electron chi connectivity index (χ1n) is 6.26. The second kappa shape index (κ2) is 5.44. The molecule has 3 nitrogen and oxygen atoms in total. The molecule has 0 aromatic heterocycles. The maximum absolute atomic E-state index is 13.3. The lowest BCUT2D eigenvalue weighted by Crippen LogP contribution is -2.16. The Hall–Kier alpha value is -1.95. The summed E-state index contributed by atoms with van der Waals surface area (Å²) in [5.74, 6) is -1.02. The fourth-order valence-electron chi connectivity index (χ4n) is 2.32. The summed E-state index contributed by atoms with van der Waals surface area (Å²) in [6.07, 6.45) is 0. The zero-order valence-corrected chi connectivity index (χ0v) is 12.7. The Labute approximate surface area is 122 Å². The third-order valence-corrected chi connectivity index (χ3v) is 4.67. The van der Waals surface area contributed by atoms with Gasteiger partial charge < -0.3 is 0 Å². The summed E-state index contributed by atoms with van der Waals surface area (Å²) in [5, 5.41) is 0. The van der Waals surface area contributed by atoms with E-state index in [1.54, 1.807) is 6.92 Å². The normalized spacial score (nSPS) is 11.5. The summed E-state index contributed by atoms with van der Waals surface area (Å²) in [4.78, 5) is 0.00538. The molecular formula is C15H15F2NO2S. The van der Waals surface area contributed by atoms with Crippen molar-refractivity contribution in [2.75, 3.05) is 4.72 Å². The van der Waals surface area contributed by atoms with E-state index in [1.165, 1.54) is 26.0 Å². The summed E-state index contributed by atoms with van der Waals surface area (Å²) in [5.41, 5.74) is 1.33. The molecule has 2 aromatic carbocycles. The van der Waals surface area contributed by atoms with Gasteiger partial charge in [0.05, 0.1) is 10.6 Å². The topological polar surface area (TPSA) is 46.2 Å². The van der Waals surface area contributed by atoms with Crippen LogP contribution in [0.15, 0.2) is 35.2 Å². The van der Waals surface area contributed by atoms with E-state index in [-0.39, 0.29) is 10.6 Å². The molecule has 0 fully saturated rings. The Morgan fingerprint density at radius 2 is 1.38 bits per heavy atom. The highest BCUT2D eigenvalue weighted by Crippen LogP contribution is 2.24. The first-order chi connectivity index (χ1) is 9.69. The number of aryl methyl sites for hydroxylation is 3. The number of halogens is 2. The van der Waals surface area contributed by atoms with Crippen LogP contribution in [0.25, 0.3) is 0 Å². The molecule has 0 bridgehead atoms. The predicted molar refractivity (Wildman–Crippen MR) is 77.8 cm³/mol. The molecule has 0 heterocycles. The molecule has 6 heteroatoms. The van der Waals surface area contributed by atoms with E-state index in [0.717, 1.165) is 18.2 Å². The third kappa shape index (κ3) is 3.39. The molecule has 2 rings (SSSR count). The van der Waals surface area contributed by atoms with E-state index in [4.69, 9.17) is 0 Å². The second-order valence-electron chi connectivity index (χ2n) is 4.99. The smallest absolute Gasteiger partial charge is 0.262 e. The molecule has 0 amide bonds. The van der Waals surface area contributed by atoms with Crippen LogP contribution in [0.4, 0.5) is 14.5 Å². The Morgan fingerprint density at radius 1 is 0.857 bits per heavy atom. The molecule has 0 aliphatic carbocycles. The molecule has 0 atom stereocenters. The van der Waals surface area contributed by atoms with Crippen LogP contribution in [0.1, 0.15) is 16.7 Å². The van der Waals surface area contributed by atoms with E-state index in [2.05, 4.69) is 4.72 Å². The number of hydrogen-bond donors (Lipinski definition) is 1. The van der Waals surface area contributed by atoms with Gasteiger partial charge in [0.25, 0.3) is 10.0 Å². The lowest BCUT2D eigenvalue weighted by molar-refractivity contribution is 0.597. The van der Waals surface area contributed by atoms with E-state index < -0.39 is 21.7 Å². The summed E-state index contributed by atoms with van der Waals surface area (Å²) in [7, 11) is -3.91. The van der Waals surface area contributed by atoms with Gasteiger partial charge in [0.2, 0.25) is 0 Å². The Bertz CT molecular complexity index is 758. The van der Waals surface area contributed by atoms with Crippen LogP contribution in [-0.2, 0) is 10.0 Å². The van der Waals surface area contributed by atoms with Crippen molar-refractivity contribution < 1.29 is 17.2 Å². The summed E-state index contributed by atoms with van der Waals surface area (Å²) in [6, 6.07) is 6.22. The van der Waals surface area contributed by atoms with E-state index in [0.29, 0.717) is 16.7 Å². The van der Waals surface area contributed by atoms with Gasteiger partial charge in [-0.2, -0.15) is 0 Å². The Kier molecular flexibility index (Phi) is 4.00. The number of benzene rings is 2. The van der Waals surface area contributed by atoms with Crippen molar-refractivity contribution in [2.24, 2.45) is 0 Å². The fraction of sp³-hybridized carbons (Fsp3) is 0.200. The van der Waals surface area contributed by atoms with Gasteiger partial charge in [0, 0.05) is 0 Å². The zero-order valence-electron chi connectivity index (χ0n) is 11.9. The fourth-order valence-corrected chi connectivity index (χ4v) is 3.82. The maximum Gasteiger partial charge on any atom is 0.262 e. The average molecular weight is 311 g/mol. The van der Waals surface area contributed by atoms with Crippen molar-refractivity contribution in [3.05, 3.63) is 58.7 Å². The van der Waals surface area contributed by atoms with Crippen LogP contribution in [-0.4, -0.2) is 8.42 Å². The lowest BCUT2D eigenvalue weighted by atomic mass is 10.1. The van der Waals surface area contributed by atoms with Gasteiger partial charge in [-0.1, -0.05) is 0 Å². The summed E-state index contributed by atoms with van der Waals surface area (Å²) < 4.78 is 53.8. The van der Waals surface area contributed by atoms with Crippen molar-refractivity contribution >= 4 is 15.7 Å². The third-order valence-electron chi connectivity index (χ3n) is 2.99. The summed E-state index contributed by atoms with van der Waals surface area (Å²) >= 11 is 0. The van der Waals surface area contributed by atoms with Gasteiger partial charge in [-0.15, -0.1) is 0 Å². The van der Waals surface area contributed by atoms with Crippen molar-refractivity contribution in [3.63, 3.8) is 0 Å². The lowest BCUT2D eigenvalue weighted by Gasteiger charge is -2.13. The highest BCUT2D eigenvalue weighted by Gasteiger charge is 2.20. The molecule has 0 aliphatic heterocycles. The highest BCUT2D eigenvalue weighted by atomic mass is 32.2. The van der Waals surface area contributed by atoms with Crippen LogP contribution >= 0.6 is 0 Å². The van der Waals surface area contributed by atoms with Gasteiger partial charge in [0.1, 0.15) is 11.6 Å². The van der Waals surface area contributed by atoms with Gasteiger partial charge in [-0.25, -0.2) is 17.2 Å². The molecule has 0 saturated heterocycles. The minimum Gasteiger partial charge on any atom is -0.280 e. The molecule has 2 aromatic rings. The number of rotatable bonds is 3. The molecule has 21 heavy (non-hydrogen) atoms. The quantitative estimate of drug-likeness (QED) is 0.939. The predicted octanol–water partition coefficient (Wildman–Crippen LogP) is 3.69. The number of anilines is 1. The molecule has 0 saturated carbocycles. The van der Waals surface area contributed by atoms with E-state index in [9.17, 15) is 17.2 Å². The van der Waals surface area contributed by atoms with Crippen molar-refractivity contribution in [2.45, 2.75) is 25.7 Å². The Balaban J connectivity index is 2.48. The largest absolute Gasteiger partial charge is 0.280 e. The number of sulfonamides is 1. The monoisotopic (exact) mass is 311 g/mol. The molecule has 1 N–H and O–H groups in total. The molecule has 0 unspecified atom stereocenters. The second-order valence-corrected chi connectivity index (χ2v) is 6.61. The van der Waals surface area contributed by atoms with Gasteiger partial charge >= 0.3 is 0 Å². The number of nitrogens with one attached hydrogen (secondary N) is 1. The average Bonchev–Trinajstić information content (AvgIpc) is 2.23. The highest BCUT2D eigenvalue weighted by molar-refractivity contribution is 7.92. The first-order valence-corrected chi connectivity index (χ1v) is 7.74. The number of hydrogen-bond acceptors (Lipinski definition) is 2. The Morgan fingerprint density at radius 3 is 1.90 bits per heavy atom. The van der Waals surface area contributed by atoms with Crippen molar-refractivity contribution in [1.82, 2.24) is 0 Å². The van der Waals surface area contributed by atoms with Gasteiger partial charge in [-0.05, 0) is 67.8 Å². The van der Waals surface area contributed by atoms with Crippen LogP contribution < -0.4 is 4.72 Å². The molecule has 0 radical (unpaired) electrons. The van der Waals surface area contributed by atoms with Gasteiger partial charge in [0.15, 0.2) is 0 Å². The minimum absolute atomic E-state index is 0.00538. The van der Waals surface area contributed by atoms with Crippen LogP contribution in [0.2, 0.25) is 0 Å². The van der Waals surface area contributed by atoms with Crippen LogP contribution in [0, 0.1) is 32.4 Å². The summed E-state index contributed by atoms with van der Waals surface area (Å²) in [6.45, 7) is 4.69. The molecule has 0 spiro atoms. The van der Waals surface area contributed by atoms with Crippen molar-refractivity contribution in [1.29, 1.82) is 0 Å². The standard InChI is InChI=1S/C15H15F2NO2S/c1-9-4-12(16)8-14(5-9)18-21(19,20)15-10(2)6-13(17)7-11(15)3/h4-8,18H,1-3H3. The molecule has 0 aliphatic rings. The molecular weight excluding hydrogens is 296 g/mol. The van der Waals surface area contributed by atoms with Crippen molar-refractivity contribution in [3.8, 4) is 0 Å². The molecule has 112 valence electrons.